The van der Waals surface area contributed by atoms with Crippen molar-refractivity contribution in [3.63, 3.8) is 0 Å². The lowest BCUT2D eigenvalue weighted by Gasteiger charge is -2.23. The van der Waals surface area contributed by atoms with Crippen LogP contribution in [0.2, 0.25) is 0 Å². The average molecular weight is 172 g/mol. The molecule has 0 radical (unpaired) electrons. The number of hydrogen-bond acceptors (Lipinski definition) is 2. The quantitative estimate of drug-likeness (QED) is 0.563. The van der Waals surface area contributed by atoms with E-state index in [0.29, 0.717) is 0 Å². The summed E-state index contributed by atoms with van der Waals surface area (Å²) in [5.41, 5.74) is 4.82. The molecule has 0 fully saturated rings. The summed E-state index contributed by atoms with van der Waals surface area (Å²) in [5.74, 6) is 0. The molecule has 1 N–H and O–H groups in total. The van der Waals surface area contributed by atoms with Crippen molar-refractivity contribution in [1.29, 1.82) is 0 Å². The van der Waals surface area contributed by atoms with Crippen LogP contribution in [0.4, 0.5) is 4.39 Å². The van der Waals surface area contributed by atoms with Gasteiger partial charge in [-0.2, -0.15) is 5.01 Å². The first-order valence-electron chi connectivity index (χ1n) is 4.19. The number of nitrogens with one attached hydrogen (secondary N) is 1. The van der Waals surface area contributed by atoms with Crippen molar-refractivity contribution in [3.8, 4) is 0 Å². The fraction of sp³-hybridized carbons (Fsp3) is 0.778. The van der Waals surface area contributed by atoms with Crippen molar-refractivity contribution in [3.05, 3.63) is 11.3 Å². The number of nitrogens with zero attached hydrogens (tertiary/aromatic N) is 1. The molecule has 0 saturated carbocycles. The van der Waals surface area contributed by atoms with Gasteiger partial charge in [-0.25, -0.2) is 4.39 Å². The number of likely N-dealkylation sites (N-methyl/N-ethyl adjacent to an activating group) is 1. The van der Waals surface area contributed by atoms with Crippen molar-refractivity contribution < 1.29 is 4.39 Å². The molecule has 1 rings (SSSR count). The topological polar surface area (TPSA) is 15.3 Å². The minimum absolute atomic E-state index is 0.000810. The zero-order valence-corrected chi connectivity index (χ0v) is 8.40. The van der Waals surface area contributed by atoms with E-state index in [1.807, 2.05) is 6.92 Å². The van der Waals surface area contributed by atoms with Crippen molar-refractivity contribution in [1.82, 2.24) is 10.4 Å². The summed E-state index contributed by atoms with van der Waals surface area (Å²) in [6, 6.07) is 0. The van der Waals surface area contributed by atoms with Crippen LogP contribution in [0.5, 0.6) is 0 Å². The van der Waals surface area contributed by atoms with Gasteiger partial charge in [0.2, 0.25) is 0 Å². The van der Waals surface area contributed by atoms with E-state index in [2.05, 4.69) is 26.2 Å². The molecular formula is C9H17FN2. The minimum Gasteiger partial charge on any atom is -0.320 e. The van der Waals surface area contributed by atoms with Gasteiger partial charge in [0.15, 0.2) is 6.30 Å². The zero-order valence-electron chi connectivity index (χ0n) is 8.40. The predicted octanol–water partition coefficient (Wildman–Crippen LogP) is 2.05. The van der Waals surface area contributed by atoms with Crippen molar-refractivity contribution >= 4 is 0 Å². The average Bonchev–Trinajstić information content (AvgIpc) is 2.15. The van der Waals surface area contributed by atoms with Gasteiger partial charge in [0, 0.05) is 18.2 Å². The summed E-state index contributed by atoms with van der Waals surface area (Å²) < 4.78 is 13.3. The fourth-order valence-electron chi connectivity index (χ4n) is 1.49. The van der Waals surface area contributed by atoms with Crippen molar-refractivity contribution in [2.24, 2.45) is 5.41 Å². The second kappa shape index (κ2) is 2.73. The van der Waals surface area contributed by atoms with Crippen LogP contribution in [0.15, 0.2) is 11.3 Å². The van der Waals surface area contributed by atoms with Crippen LogP contribution in [0.1, 0.15) is 27.7 Å². The first-order valence-corrected chi connectivity index (χ1v) is 4.19. The smallest absolute Gasteiger partial charge is 0.193 e. The first kappa shape index (κ1) is 9.52. The van der Waals surface area contributed by atoms with Crippen molar-refractivity contribution in [2.45, 2.75) is 34.0 Å². The number of halogens is 1. The van der Waals surface area contributed by atoms with Crippen LogP contribution >= 0.6 is 0 Å². The second-order valence-electron chi connectivity index (χ2n) is 4.37. The highest BCUT2D eigenvalue weighted by Gasteiger charge is 2.32. The molecule has 0 aromatic carbocycles. The first-order chi connectivity index (χ1) is 5.34. The Morgan fingerprint density at radius 3 is 2.08 bits per heavy atom. The predicted molar refractivity (Wildman–Crippen MR) is 47.9 cm³/mol. The Bertz CT molecular complexity index is 215. The number of hydrazine groups is 1. The lowest BCUT2D eigenvalue weighted by molar-refractivity contribution is 0.124. The molecule has 1 aliphatic rings. The monoisotopic (exact) mass is 172 g/mol. The van der Waals surface area contributed by atoms with E-state index in [1.165, 1.54) is 5.01 Å². The Morgan fingerprint density at radius 2 is 1.92 bits per heavy atom. The maximum Gasteiger partial charge on any atom is 0.193 e. The van der Waals surface area contributed by atoms with Crippen LogP contribution in [0, 0.1) is 5.41 Å². The third kappa shape index (κ3) is 1.46. The molecule has 3 heteroatoms. The maximum atomic E-state index is 13.3. The normalized spacial score (nSPS) is 26.3. The van der Waals surface area contributed by atoms with Gasteiger partial charge < -0.3 is 5.43 Å². The van der Waals surface area contributed by atoms with Gasteiger partial charge >= 0.3 is 0 Å². The summed E-state index contributed by atoms with van der Waals surface area (Å²) >= 11 is 0. The summed E-state index contributed by atoms with van der Waals surface area (Å²) in [5, 5.41) is 1.50. The molecule has 1 atom stereocenters. The molecule has 1 heterocycles. The summed E-state index contributed by atoms with van der Waals surface area (Å²) in [6.45, 7) is 8.06. The lowest BCUT2D eigenvalue weighted by atomic mass is 9.90. The number of rotatable bonds is 0. The van der Waals surface area contributed by atoms with E-state index >= 15 is 0 Å². The molecule has 1 unspecified atom stereocenters. The molecular weight excluding hydrogens is 155 g/mol. The number of alkyl halides is 1. The van der Waals surface area contributed by atoms with Crippen LogP contribution in [0.3, 0.4) is 0 Å². The number of hydrogen-bond donors (Lipinski definition) is 1. The van der Waals surface area contributed by atoms with E-state index in [1.54, 1.807) is 7.05 Å². The Hall–Kier alpha value is -0.570. The Labute approximate surface area is 73.4 Å². The molecule has 0 aromatic rings. The Balaban J connectivity index is 2.93. The van der Waals surface area contributed by atoms with Crippen molar-refractivity contribution in [2.75, 3.05) is 7.05 Å². The highest BCUT2D eigenvalue weighted by molar-refractivity contribution is 5.23. The van der Waals surface area contributed by atoms with Gasteiger partial charge in [-0.05, 0) is 12.5 Å². The third-order valence-electron chi connectivity index (χ3n) is 2.13. The van der Waals surface area contributed by atoms with Crippen LogP contribution in [-0.2, 0) is 0 Å². The fourth-order valence-corrected chi connectivity index (χ4v) is 1.49. The highest BCUT2D eigenvalue weighted by Crippen LogP contribution is 2.32. The molecule has 70 valence electrons. The molecule has 0 bridgehead atoms. The maximum absolute atomic E-state index is 13.3. The second-order valence-corrected chi connectivity index (χ2v) is 4.37. The van der Waals surface area contributed by atoms with Crippen LogP contribution in [-0.4, -0.2) is 18.4 Å². The molecule has 0 saturated heterocycles. The summed E-state index contributed by atoms with van der Waals surface area (Å²) in [4.78, 5) is 0. The Kier molecular flexibility index (Phi) is 2.17. The van der Waals surface area contributed by atoms with Gasteiger partial charge in [-0.15, -0.1) is 0 Å². The zero-order chi connectivity index (χ0) is 9.52. The standard InChI is InChI=1S/C9H17FN2/c1-6-7(9(2,3)4)11-12(5)8(6)10/h8,11H,1-5H3. The van der Waals surface area contributed by atoms with Crippen LogP contribution in [0.25, 0.3) is 0 Å². The molecule has 0 aromatic heterocycles. The SMILES string of the molecule is CC1=C(C(C)(C)C)NN(C)C1F. The summed E-state index contributed by atoms with van der Waals surface area (Å²) in [7, 11) is 1.72. The molecule has 1 aliphatic heterocycles. The molecule has 0 aliphatic carbocycles. The van der Waals surface area contributed by atoms with Crippen LogP contribution < -0.4 is 5.43 Å². The van der Waals surface area contributed by atoms with Gasteiger partial charge in [0.05, 0.1) is 0 Å². The minimum atomic E-state index is -0.973. The molecule has 2 nitrogen and oxygen atoms in total. The van der Waals surface area contributed by atoms with Gasteiger partial charge in [0.1, 0.15) is 0 Å². The van der Waals surface area contributed by atoms with E-state index in [0.717, 1.165) is 11.3 Å². The molecule has 0 spiro atoms. The summed E-state index contributed by atoms with van der Waals surface area (Å²) in [6.07, 6.45) is -0.973. The largest absolute Gasteiger partial charge is 0.320 e. The van der Waals surface area contributed by atoms with Gasteiger partial charge in [0.25, 0.3) is 0 Å². The van der Waals surface area contributed by atoms with E-state index in [-0.39, 0.29) is 5.41 Å². The Morgan fingerprint density at radius 1 is 1.42 bits per heavy atom. The lowest BCUT2D eigenvalue weighted by Crippen LogP contribution is -2.34. The highest BCUT2D eigenvalue weighted by atomic mass is 19.1. The third-order valence-corrected chi connectivity index (χ3v) is 2.13. The van der Waals surface area contributed by atoms with Gasteiger partial charge in [-0.1, -0.05) is 20.8 Å². The van der Waals surface area contributed by atoms with E-state index in [9.17, 15) is 4.39 Å². The van der Waals surface area contributed by atoms with E-state index < -0.39 is 6.30 Å². The molecule has 12 heavy (non-hydrogen) atoms. The van der Waals surface area contributed by atoms with E-state index in [4.69, 9.17) is 0 Å². The molecule has 0 amide bonds. The number of allylic oxidation sites excluding steroid dienone is 1. The van der Waals surface area contributed by atoms with Gasteiger partial charge in [-0.3, -0.25) is 0 Å².